The Morgan fingerprint density at radius 2 is 2.05 bits per heavy atom. The Balaban J connectivity index is 2.30. The molecular weight excluding hydrogens is 278 g/mol. The highest BCUT2D eigenvalue weighted by molar-refractivity contribution is 7.89. The molecule has 2 heterocycles. The average Bonchev–Trinajstić information content (AvgIpc) is 2.64. The molecule has 1 aliphatic rings. The van der Waals surface area contributed by atoms with E-state index in [1.54, 1.807) is 6.92 Å². The van der Waals surface area contributed by atoms with Crippen LogP contribution in [0.5, 0.6) is 0 Å². The monoisotopic (exact) mass is 301 g/mol. The largest absolute Gasteiger partial charge is 0.392 e. The third-order valence-electron chi connectivity index (χ3n) is 4.08. The van der Waals surface area contributed by atoms with E-state index >= 15 is 0 Å². The summed E-state index contributed by atoms with van der Waals surface area (Å²) in [4.78, 5) is 0. The molecule has 114 valence electrons. The molecule has 0 atom stereocenters. The zero-order valence-electron chi connectivity index (χ0n) is 12.3. The standard InChI is InChI=1S/C13H23N3O3S/c1-10-11(9-17)12(15-14-10)20(18,19)16-7-4-5-13(2,3)6-8-16/h17H,4-9H2,1-3H3,(H,14,15). The quantitative estimate of drug-likeness (QED) is 0.884. The van der Waals surface area contributed by atoms with Crippen molar-refractivity contribution in [2.45, 2.75) is 51.7 Å². The molecule has 0 aliphatic carbocycles. The van der Waals surface area contributed by atoms with E-state index in [4.69, 9.17) is 0 Å². The van der Waals surface area contributed by atoms with Gasteiger partial charge in [0.05, 0.1) is 6.61 Å². The Labute approximate surface area is 120 Å². The molecule has 1 aromatic heterocycles. The first kappa shape index (κ1) is 15.5. The van der Waals surface area contributed by atoms with Gasteiger partial charge < -0.3 is 5.11 Å². The first-order valence-electron chi connectivity index (χ1n) is 6.93. The summed E-state index contributed by atoms with van der Waals surface area (Å²) in [5.41, 5.74) is 1.14. The van der Waals surface area contributed by atoms with E-state index in [2.05, 4.69) is 24.0 Å². The number of aromatic amines is 1. The molecule has 0 spiro atoms. The van der Waals surface area contributed by atoms with Gasteiger partial charge in [-0.05, 0) is 31.6 Å². The highest BCUT2D eigenvalue weighted by Gasteiger charge is 2.33. The van der Waals surface area contributed by atoms with Gasteiger partial charge in [0, 0.05) is 24.3 Å². The van der Waals surface area contributed by atoms with Crippen molar-refractivity contribution < 1.29 is 13.5 Å². The summed E-state index contributed by atoms with van der Waals surface area (Å²) in [5.74, 6) is 0. The van der Waals surface area contributed by atoms with E-state index < -0.39 is 10.0 Å². The van der Waals surface area contributed by atoms with Gasteiger partial charge in [-0.2, -0.15) is 9.40 Å². The lowest BCUT2D eigenvalue weighted by molar-refractivity contribution is 0.277. The van der Waals surface area contributed by atoms with Crippen LogP contribution in [0.1, 0.15) is 44.4 Å². The fourth-order valence-corrected chi connectivity index (χ4v) is 4.23. The number of hydrogen-bond donors (Lipinski definition) is 2. The van der Waals surface area contributed by atoms with E-state index in [0.717, 1.165) is 19.3 Å². The van der Waals surface area contributed by atoms with E-state index in [-0.39, 0.29) is 17.0 Å². The SMILES string of the molecule is Cc1[nH]nc(S(=O)(=O)N2CCCC(C)(C)CC2)c1CO. The third-order valence-corrected chi connectivity index (χ3v) is 5.95. The molecule has 20 heavy (non-hydrogen) atoms. The summed E-state index contributed by atoms with van der Waals surface area (Å²) in [5, 5.41) is 15.9. The number of nitrogens with zero attached hydrogens (tertiary/aromatic N) is 2. The Morgan fingerprint density at radius 1 is 1.35 bits per heavy atom. The molecule has 0 saturated carbocycles. The van der Waals surface area contributed by atoms with Crippen LogP contribution in [0.25, 0.3) is 0 Å². The van der Waals surface area contributed by atoms with Crippen LogP contribution < -0.4 is 0 Å². The topological polar surface area (TPSA) is 86.3 Å². The number of aromatic nitrogens is 2. The lowest BCUT2D eigenvalue weighted by Gasteiger charge is -2.22. The molecule has 0 bridgehead atoms. The van der Waals surface area contributed by atoms with Crippen LogP contribution in [0.3, 0.4) is 0 Å². The van der Waals surface area contributed by atoms with Crippen molar-refractivity contribution in [2.75, 3.05) is 13.1 Å². The van der Waals surface area contributed by atoms with Gasteiger partial charge in [-0.1, -0.05) is 13.8 Å². The maximum absolute atomic E-state index is 12.7. The van der Waals surface area contributed by atoms with Gasteiger partial charge in [-0.15, -0.1) is 0 Å². The second-order valence-corrected chi connectivity index (χ2v) is 8.07. The average molecular weight is 301 g/mol. The number of aliphatic hydroxyl groups excluding tert-OH is 1. The van der Waals surface area contributed by atoms with Crippen LogP contribution in [0.4, 0.5) is 0 Å². The minimum atomic E-state index is -3.63. The number of aliphatic hydroxyl groups is 1. The summed E-state index contributed by atoms with van der Waals surface area (Å²) in [6, 6.07) is 0. The minimum Gasteiger partial charge on any atom is -0.392 e. The first-order chi connectivity index (χ1) is 9.28. The van der Waals surface area contributed by atoms with Gasteiger partial charge in [-0.3, -0.25) is 5.10 Å². The van der Waals surface area contributed by atoms with Gasteiger partial charge in [-0.25, -0.2) is 8.42 Å². The molecule has 1 aliphatic heterocycles. The minimum absolute atomic E-state index is 0.0304. The molecule has 2 N–H and O–H groups in total. The second kappa shape index (κ2) is 5.46. The maximum Gasteiger partial charge on any atom is 0.262 e. The van der Waals surface area contributed by atoms with Crippen LogP contribution in [-0.4, -0.2) is 41.1 Å². The predicted molar refractivity (Wildman–Crippen MR) is 75.6 cm³/mol. The predicted octanol–water partition coefficient (Wildman–Crippen LogP) is 1.41. The lowest BCUT2D eigenvalue weighted by atomic mass is 9.85. The fraction of sp³-hybridized carbons (Fsp3) is 0.769. The van der Waals surface area contributed by atoms with E-state index in [9.17, 15) is 13.5 Å². The van der Waals surface area contributed by atoms with E-state index in [1.165, 1.54) is 4.31 Å². The zero-order chi connectivity index (χ0) is 15.0. The van der Waals surface area contributed by atoms with Gasteiger partial charge in [0.1, 0.15) is 0 Å². The summed E-state index contributed by atoms with van der Waals surface area (Å²) in [7, 11) is -3.63. The normalized spacial score (nSPS) is 20.8. The summed E-state index contributed by atoms with van der Waals surface area (Å²) in [6.45, 7) is 6.75. The fourth-order valence-electron chi connectivity index (χ4n) is 2.59. The summed E-state index contributed by atoms with van der Waals surface area (Å²) in [6.07, 6.45) is 2.71. The maximum atomic E-state index is 12.7. The molecule has 2 rings (SSSR count). The van der Waals surface area contributed by atoms with Crippen molar-refractivity contribution in [3.8, 4) is 0 Å². The molecule has 1 saturated heterocycles. The van der Waals surface area contributed by atoms with Crippen LogP contribution >= 0.6 is 0 Å². The molecular formula is C13H23N3O3S. The molecule has 6 nitrogen and oxygen atoms in total. The highest BCUT2D eigenvalue weighted by atomic mass is 32.2. The number of sulfonamides is 1. The van der Waals surface area contributed by atoms with Gasteiger partial charge >= 0.3 is 0 Å². The second-order valence-electron chi connectivity index (χ2n) is 6.21. The summed E-state index contributed by atoms with van der Waals surface area (Å²) < 4.78 is 26.8. The van der Waals surface area contributed by atoms with Crippen LogP contribution in [0.2, 0.25) is 0 Å². The van der Waals surface area contributed by atoms with E-state index in [0.29, 0.717) is 24.3 Å². The van der Waals surface area contributed by atoms with Crippen molar-refractivity contribution in [2.24, 2.45) is 5.41 Å². The summed E-state index contributed by atoms with van der Waals surface area (Å²) >= 11 is 0. The Morgan fingerprint density at radius 3 is 2.70 bits per heavy atom. The zero-order valence-corrected chi connectivity index (χ0v) is 13.1. The van der Waals surface area contributed by atoms with Gasteiger partial charge in [0.2, 0.25) is 0 Å². The smallest absolute Gasteiger partial charge is 0.262 e. The van der Waals surface area contributed by atoms with Crippen LogP contribution in [0.15, 0.2) is 5.03 Å². The van der Waals surface area contributed by atoms with Crippen molar-refractivity contribution in [3.63, 3.8) is 0 Å². The Bertz CT molecular complexity index is 578. The van der Waals surface area contributed by atoms with E-state index in [1.807, 2.05) is 0 Å². The van der Waals surface area contributed by atoms with Crippen LogP contribution in [0, 0.1) is 12.3 Å². The van der Waals surface area contributed by atoms with Gasteiger partial charge in [0.15, 0.2) is 5.03 Å². The molecule has 0 unspecified atom stereocenters. The molecule has 1 aromatic rings. The molecule has 0 amide bonds. The van der Waals surface area contributed by atoms with Crippen molar-refractivity contribution >= 4 is 10.0 Å². The third kappa shape index (κ3) is 2.89. The molecule has 7 heteroatoms. The van der Waals surface area contributed by atoms with Crippen molar-refractivity contribution in [3.05, 3.63) is 11.3 Å². The lowest BCUT2D eigenvalue weighted by Crippen LogP contribution is -2.33. The number of nitrogens with one attached hydrogen (secondary N) is 1. The van der Waals surface area contributed by atoms with Crippen molar-refractivity contribution in [1.29, 1.82) is 0 Å². The Kier molecular flexibility index (Phi) is 4.22. The molecule has 0 radical (unpaired) electrons. The number of rotatable bonds is 3. The Hall–Kier alpha value is -0.920. The van der Waals surface area contributed by atoms with Crippen molar-refractivity contribution in [1.82, 2.24) is 14.5 Å². The number of H-pyrrole nitrogens is 1. The highest BCUT2D eigenvalue weighted by Crippen LogP contribution is 2.32. The molecule has 0 aromatic carbocycles. The first-order valence-corrected chi connectivity index (χ1v) is 8.37. The molecule has 1 fully saturated rings. The van der Waals surface area contributed by atoms with Crippen LogP contribution in [-0.2, 0) is 16.6 Å². The number of hydrogen-bond acceptors (Lipinski definition) is 4. The number of aryl methyl sites for hydroxylation is 1. The van der Waals surface area contributed by atoms with Gasteiger partial charge in [0.25, 0.3) is 10.0 Å².